The first-order chi connectivity index (χ1) is 8.23. The van der Waals surface area contributed by atoms with Gasteiger partial charge in [0.05, 0.1) is 5.92 Å². The Bertz CT molecular complexity index is 321. The second-order valence-electron chi connectivity index (χ2n) is 5.93. The minimum Gasteiger partial charge on any atom is -0.481 e. The molecule has 1 aliphatic rings. The lowest BCUT2D eigenvalue weighted by molar-refractivity contribution is -0.144. The Morgan fingerprint density at radius 3 is 2.39 bits per heavy atom. The minimum atomic E-state index is -0.832. The van der Waals surface area contributed by atoms with Crippen molar-refractivity contribution < 1.29 is 19.4 Å². The lowest BCUT2D eigenvalue weighted by atomic mass is 9.88. The number of nitrogens with zero attached hydrogens (tertiary/aromatic N) is 1. The summed E-state index contributed by atoms with van der Waals surface area (Å²) < 4.78 is 5.29. The lowest BCUT2D eigenvalue weighted by Crippen LogP contribution is -2.47. The molecule has 1 heterocycles. The third-order valence-corrected chi connectivity index (χ3v) is 3.12. The van der Waals surface area contributed by atoms with Crippen LogP contribution in [0.1, 0.15) is 40.5 Å². The van der Waals surface area contributed by atoms with E-state index < -0.39 is 23.6 Å². The summed E-state index contributed by atoms with van der Waals surface area (Å²) >= 11 is 0. The summed E-state index contributed by atoms with van der Waals surface area (Å²) in [7, 11) is 0. The molecule has 0 aromatic carbocycles. The van der Waals surface area contributed by atoms with Crippen LogP contribution < -0.4 is 0 Å². The highest BCUT2D eigenvalue weighted by molar-refractivity contribution is 5.73. The van der Waals surface area contributed by atoms with Crippen LogP contribution in [0.4, 0.5) is 4.79 Å². The van der Waals surface area contributed by atoms with Gasteiger partial charge in [0.25, 0.3) is 0 Å². The summed E-state index contributed by atoms with van der Waals surface area (Å²) in [4.78, 5) is 24.6. The average molecular weight is 257 g/mol. The van der Waals surface area contributed by atoms with Crippen molar-refractivity contribution in [2.75, 3.05) is 13.1 Å². The molecule has 1 fully saturated rings. The number of hydrogen-bond donors (Lipinski definition) is 1. The second-order valence-corrected chi connectivity index (χ2v) is 5.93. The zero-order valence-corrected chi connectivity index (χ0v) is 11.6. The van der Waals surface area contributed by atoms with E-state index in [4.69, 9.17) is 9.84 Å². The van der Waals surface area contributed by atoms with Crippen LogP contribution in [-0.2, 0) is 9.53 Å². The van der Waals surface area contributed by atoms with E-state index >= 15 is 0 Å². The number of ether oxygens (including phenoxy) is 1. The van der Waals surface area contributed by atoms with Gasteiger partial charge in [0, 0.05) is 13.1 Å². The third-order valence-electron chi connectivity index (χ3n) is 3.12. The van der Waals surface area contributed by atoms with Crippen molar-refractivity contribution in [3.05, 3.63) is 0 Å². The molecule has 0 radical (unpaired) electrons. The van der Waals surface area contributed by atoms with Crippen molar-refractivity contribution >= 4 is 12.1 Å². The van der Waals surface area contributed by atoms with E-state index in [9.17, 15) is 9.59 Å². The van der Waals surface area contributed by atoms with Gasteiger partial charge in [0.1, 0.15) is 5.60 Å². The van der Waals surface area contributed by atoms with E-state index in [2.05, 4.69) is 0 Å². The van der Waals surface area contributed by atoms with E-state index in [1.165, 1.54) is 4.90 Å². The van der Waals surface area contributed by atoms with Gasteiger partial charge in [0.2, 0.25) is 0 Å². The monoisotopic (exact) mass is 257 g/mol. The van der Waals surface area contributed by atoms with E-state index in [0.717, 1.165) is 6.42 Å². The number of carbonyl (C=O) groups is 2. The summed E-state index contributed by atoms with van der Waals surface area (Å²) in [5.41, 5.74) is -0.547. The third kappa shape index (κ3) is 4.20. The molecule has 5 heteroatoms. The van der Waals surface area contributed by atoms with E-state index in [1.54, 1.807) is 20.8 Å². The number of amides is 1. The zero-order valence-electron chi connectivity index (χ0n) is 11.6. The highest BCUT2D eigenvalue weighted by atomic mass is 16.6. The van der Waals surface area contributed by atoms with Gasteiger partial charge in [-0.3, -0.25) is 4.79 Å². The van der Waals surface area contributed by atoms with Crippen LogP contribution in [0.25, 0.3) is 0 Å². The maximum absolute atomic E-state index is 12.0. The van der Waals surface area contributed by atoms with Crippen molar-refractivity contribution in [3.63, 3.8) is 0 Å². The first kappa shape index (κ1) is 14.8. The van der Waals surface area contributed by atoms with Crippen molar-refractivity contribution in [1.29, 1.82) is 0 Å². The highest BCUT2D eigenvalue weighted by Crippen LogP contribution is 2.25. The number of aliphatic carboxylic acids is 1. The van der Waals surface area contributed by atoms with E-state index in [1.807, 2.05) is 6.92 Å². The number of rotatable bonds is 2. The molecule has 0 aromatic rings. The van der Waals surface area contributed by atoms with Crippen LogP contribution in [0.15, 0.2) is 0 Å². The minimum absolute atomic E-state index is 0.243. The first-order valence-corrected chi connectivity index (χ1v) is 6.43. The molecule has 0 unspecified atom stereocenters. The lowest BCUT2D eigenvalue weighted by Gasteiger charge is -2.36. The van der Waals surface area contributed by atoms with Gasteiger partial charge >= 0.3 is 12.1 Å². The van der Waals surface area contributed by atoms with Crippen molar-refractivity contribution in [2.24, 2.45) is 11.8 Å². The number of piperidine rings is 1. The Hall–Kier alpha value is -1.26. The van der Waals surface area contributed by atoms with Crippen LogP contribution in [0.2, 0.25) is 0 Å². The fraction of sp³-hybridized carbons (Fsp3) is 0.846. The standard InChI is InChI=1S/C13H23NO4/c1-5-9-6-10(11(15)16)8-14(7-9)12(17)18-13(2,3)4/h9-10H,5-8H2,1-4H3,(H,15,16)/t9-,10+/m1/s1. The van der Waals surface area contributed by atoms with Gasteiger partial charge < -0.3 is 14.7 Å². The first-order valence-electron chi connectivity index (χ1n) is 6.43. The van der Waals surface area contributed by atoms with Gasteiger partial charge in [0.15, 0.2) is 0 Å². The molecule has 2 atom stereocenters. The molecule has 0 saturated carbocycles. The molecule has 1 rings (SSSR count). The summed E-state index contributed by atoms with van der Waals surface area (Å²) in [5.74, 6) is -1.06. The van der Waals surface area contributed by atoms with Gasteiger partial charge in [-0.1, -0.05) is 13.3 Å². The molecule has 0 spiro atoms. The van der Waals surface area contributed by atoms with Gasteiger partial charge in [-0.25, -0.2) is 4.79 Å². The summed E-state index contributed by atoms with van der Waals surface area (Å²) in [6.45, 7) is 8.28. The molecule has 104 valence electrons. The molecule has 1 aliphatic heterocycles. The predicted octanol–water partition coefficient (Wildman–Crippen LogP) is 2.35. The largest absolute Gasteiger partial charge is 0.481 e. The fourth-order valence-electron chi connectivity index (χ4n) is 2.15. The van der Waals surface area contributed by atoms with Crippen LogP contribution >= 0.6 is 0 Å². The Balaban J connectivity index is 2.69. The van der Waals surface area contributed by atoms with Crippen LogP contribution in [-0.4, -0.2) is 40.8 Å². The van der Waals surface area contributed by atoms with Crippen molar-refractivity contribution in [3.8, 4) is 0 Å². The number of carboxylic acid groups (broad SMARTS) is 1. The number of carbonyl (C=O) groups excluding carboxylic acids is 1. The normalized spacial score (nSPS) is 24.8. The molecule has 1 N–H and O–H groups in total. The van der Waals surface area contributed by atoms with Crippen LogP contribution in [0.3, 0.4) is 0 Å². The average Bonchev–Trinajstić information content (AvgIpc) is 2.26. The molecule has 0 aliphatic carbocycles. The summed E-state index contributed by atoms with van der Waals surface area (Å²) in [5, 5.41) is 9.10. The Labute approximate surface area is 108 Å². The molecule has 0 bridgehead atoms. The van der Waals surface area contributed by atoms with Crippen molar-refractivity contribution in [2.45, 2.75) is 46.1 Å². The summed E-state index contributed by atoms with van der Waals surface area (Å²) in [6.07, 6.45) is 1.11. The molecule has 1 amide bonds. The maximum atomic E-state index is 12.0. The van der Waals surface area contributed by atoms with Crippen molar-refractivity contribution in [1.82, 2.24) is 4.90 Å². The highest BCUT2D eigenvalue weighted by Gasteiger charge is 2.34. The van der Waals surface area contributed by atoms with E-state index in [0.29, 0.717) is 13.0 Å². The number of likely N-dealkylation sites (tertiary alicyclic amines) is 1. The molecule has 0 aromatic heterocycles. The Morgan fingerprint density at radius 1 is 1.33 bits per heavy atom. The number of carboxylic acids is 1. The molecular weight excluding hydrogens is 234 g/mol. The maximum Gasteiger partial charge on any atom is 0.410 e. The van der Waals surface area contributed by atoms with E-state index in [-0.39, 0.29) is 12.5 Å². The molecule has 1 saturated heterocycles. The van der Waals surface area contributed by atoms with Gasteiger partial charge in [-0.05, 0) is 33.1 Å². The Kier molecular flexibility index (Phi) is 4.59. The molecule has 18 heavy (non-hydrogen) atoms. The zero-order chi connectivity index (χ0) is 13.9. The SMILES string of the molecule is CC[C@@H]1C[C@H](C(=O)O)CN(C(=O)OC(C)(C)C)C1. The quantitative estimate of drug-likeness (QED) is 0.824. The Morgan fingerprint density at radius 2 is 1.94 bits per heavy atom. The second kappa shape index (κ2) is 5.59. The predicted molar refractivity (Wildman–Crippen MR) is 67.3 cm³/mol. The molecule has 5 nitrogen and oxygen atoms in total. The fourth-order valence-corrected chi connectivity index (χ4v) is 2.15. The number of hydrogen-bond acceptors (Lipinski definition) is 3. The van der Waals surface area contributed by atoms with Crippen LogP contribution in [0, 0.1) is 11.8 Å². The topological polar surface area (TPSA) is 66.8 Å². The van der Waals surface area contributed by atoms with Crippen LogP contribution in [0.5, 0.6) is 0 Å². The van der Waals surface area contributed by atoms with Gasteiger partial charge in [-0.2, -0.15) is 0 Å². The molecular formula is C13H23NO4. The van der Waals surface area contributed by atoms with Gasteiger partial charge in [-0.15, -0.1) is 0 Å². The summed E-state index contributed by atoms with van der Waals surface area (Å²) in [6, 6.07) is 0. The smallest absolute Gasteiger partial charge is 0.410 e.